The Labute approximate surface area is 156 Å². The summed E-state index contributed by atoms with van der Waals surface area (Å²) in [5.41, 5.74) is 0.759. The molecule has 1 saturated heterocycles. The van der Waals surface area contributed by atoms with Gasteiger partial charge in [0.25, 0.3) is 0 Å². The number of rotatable bonds is 4. The van der Waals surface area contributed by atoms with Gasteiger partial charge in [0.05, 0.1) is 11.8 Å². The molecular weight excluding hydrogens is 363 g/mol. The molecule has 0 aromatic heterocycles. The molecule has 2 fully saturated rings. The van der Waals surface area contributed by atoms with E-state index in [0.717, 1.165) is 36.1 Å². The molecule has 2 atom stereocenters. The first-order valence-electron chi connectivity index (χ1n) is 8.41. The standard InChI is InChI=1S/C18H20Cl2N2O3/c1-21(9-11-6-7-12(19)8-15(11)20)16(23)10-22-17(24)13-4-2-3-5-14(13)18(22)25/h6-8,13-14H,2-5,9-10H2,1H3/t13-,14-/m1/s1. The van der Waals surface area contributed by atoms with Crippen molar-refractivity contribution in [1.29, 1.82) is 0 Å². The van der Waals surface area contributed by atoms with Crippen molar-refractivity contribution in [1.82, 2.24) is 9.80 Å². The van der Waals surface area contributed by atoms with E-state index in [0.29, 0.717) is 10.0 Å². The van der Waals surface area contributed by atoms with Crippen LogP contribution in [0.1, 0.15) is 31.2 Å². The van der Waals surface area contributed by atoms with Gasteiger partial charge in [-0.05, 0) is 30.5 Å². The quantitative estimate of drug-likeness (QED) is 0.751. The summed E-state index contributed by atoms with van der Waals surface area (Å²) in [4.78, 5) is 40.0. The number of carbonyl (C=O) groups excluding carboxylic acids is 3. The zero-order chi connectivity index (χ0) is 18.1. The van der Waals surface area contributed by atoms with Gasteiger partial charge in [0, 0.05) is 23.6 Å². The minimum Gasteiger partial charge on any atom is -0.340 e. The van der Waals surface area contributed by atoms with Crippen molar-refractivity contribution in [2.75, 3.05) is 13.6 Å². The van der Waals surface area contributed by atoms with Crippen LogP contribution in [0.3, 0.4) is 0 Å². The van der Waals surface area contributed by atoms with Crippen LogP contribution in [-0.2, 0) is 20.9 Å². The molecule has 0 radical (unpaired) electrons. The Kier molecular flexibility index (Phi) is 5.35. The zero-order valence-corrected chi connectivity index (χ0v) is 15.5. The van der Waals surface area contributed by atoms with Gasteiger partial charge in [-0.3, -0.25) is 19.3 Å². The Hall–Kier alpha value is -1.59. The van der Waals surface area contributed by atoms with Gasteiger partial charge in [0.15, 0.2) is 0 Å². The fourth-order valence-corrected chi connectivity index (χ4v) is 4.10. The van der Waals surface area contributed by atoms with Crippen LogP contribution >= 0.6 is 23.2 Å². The highest BCUT2D eigenvalue weighted by Crippen LogP contribution is 2.37. The number of hydrogen-bond acceptors (Lipinski definition) is 3. The minimum atomic E-state index is -0.286. The fourth-order valence-electron chi connectivity index (χ4n) is 3.64. The maximum Gasteiger partial charge on any atom is 0.242 e. The average Bonchev–Trinajstić information content (AvgIpc) is 2.82. The topological polar surface area (TPSA) is 57.7 Å². The van der Waals surface area contributed by atoms with Gasteiger partial charge in [-0.15, -0.1) is 0 Å². The highest BCUT2D eigenvalue weighted by molar-refractivity contribution is 6.35. The van der Waals surface area contributed by atoms with Crippen molar-refractivity contribution in [2.45, 2.75) is 32.2 Å². The minimum absolute atomic E-state index is 0.194. The molecule has 1 aliphatic heterocycles. The molecule has 3 rings (SSSR count). The van der Waals surface area contributed by atoms with E-state index in [2.05, 4.69) is 0 Å². The van der Waals surface area contributed by atoms with Crippen LogP contribution in [0.4, 0.5) is 0 Å². The maximum atomic E-state index is 12.5. The van der Waals surface area contributed by atoms with Gasteiger partial charge in [0.1, 0.15) is 6.54 Å². The molecule has 0 unspecified atom stereocenters. The Bertz CT molecular complexity index is 698. The van der Waals surface area contributed by atoms with Crippen LogP contribution in [0.2, 0.25) is 10.0 Å². The monoisotopic (exact) mass is 382 g/mol. The molecule has 0 spiro atoms. The average molecular weight is 383 g/mol. The lowest BCUT2D eigenvalue weighted by Crippen LogP contribution is -2.41. The Morgan fingerprint density at radius 2 is 1.76 bits per heavy atom. The number of hydrogen-bond donors (Lipinski definition) is 0. The van der Waals surface area contributed by atoms with Crippen molar-refractivity contribution >= 4 is 40.9 Å². The van der Waals surface area contributed by atoms with Crippen molar-refractivity contribution in [2.24, 2.45) is 11.8 Å². The lowest BCUT2D eigenvalue weighted by atomic mass is 9.81. The summed E-state index contributed by atoms with van der Waals surface area (Å²) in [7, 11) is 1.63. The number of fused-ring (bicyclic) bond motifs is 1. The number of imide groups is 1. The van der Waals surface area contributed by atoms with Crippen LogP contribution in [-0.4, -0.2) is 41.1 Å². The number of halogens is 2. The maximum absolute atomic E-state index is 12.5. The molecule has 0 bridgehead atoms. The van der Waals surface area contributed by atoms with Crippen molar-refractivity contribution in [3.8, 4) is 0 Å². The van der Waals surface area contributed by atoms with Gasteiger partial charge >= 0.3 is 0 Å². The summed E-state index contributed by atoms with van der Waals surface area (Å²) in [6, 6.07) is 5.09. The summed E-state index contributed by atoms with van der Waals surface area (Å²) < 4.78 is 0. The van der Waals surface area contributed by atoms with Crippen LogP contribution < -0.4 is 0 Å². The molecule has 1 heterocycles. The van der Waals surface area contributed by atoms with E-state index in [1.54, 1.807) is 25.2 Å². The summed E-state index contributed by atoms with van der Waals surface area (Å²) >= 11 is 12.0. The predicted octanol–water partition coefficient (Wildman–Crippen LogP) is 3.13. The molecular formula is C18H20Cl2N2O3. The van der Waals surface area contributed by atoms with E-state index in [-0.39, 0.29) is 42.6 Å². The molecule has 134 valence electrons. The first-order chi connectivity index (χ1) is 11.9. The smallest absolute Gasteiger partial charge is 0.242 e. The third-order valence-electron chi connectivity index (χ3n) is 5.07. The third-order valence-corrected chi connectivity index (χ3v) is 5.66. The SMILES string of the molecule is CN(Cc1ccc(Cl)cc1Cl)C(=O)CN1C(=O)[C@@H]2CCCC[C@H]2C1=O. The van der Waals surface area contributed by atoms with Crippen LogP contribution in [0.5, 0.6) is 0 Å². The number of amides is 3. The summed E-state index contributed by atoms with van der Waals surface area (Å²) in [5.74, 6) is -1.14. The van der Waals surface area contributed by atoms with E-state index < -0.39 is 0 Å². The van der Waals surface area contributed by atoms with Crippen LogP contribution in [0, 0.1) is 11.8 Å². The number of likely N-dealkylation sites (tertiary alicyclic amines) is 1. The molecule has 0 N–H and O–H groups in total. The largest absolute Gasteiger partial charge is 0.340 e. The Morgan fingerprint density at radius 1 is 1.16 bits per heavy atom. The fraction of sp³-hybridized carbons (Fsp3) is 0.500. The summed E-state index contributed by atoms with van der Waals surface area (Å²) in [5, 5.41) is 1.00. The zero-order valence-electron chi connectivity index (χ0n) is 14.0. The van der Waals surface area contributed by atoms with E-state index in [1.807, 2.05) is 0 Å². The number of benzene rings is 1. The molecule has 2 aliphatic rings. The van der Waals surface area contributed by atoms with E-state index in [4.69, 9.17) is 23.2 Å². The van der Waals surface area contributed by atoms with Gasteiger partial charge in [0.2, 0.25) is 17.7 Å². The molecule has 1 aromatic rings. The summed E-state index contributed by atoms with van der Waals surface area (Å²) in [6.45, 7) is 0.0876. The Morgan fingerprint density at radius 3 is 2.32 bits per heavy atom. The molecule has 5 nitrogen and oxygen atoms in total. The second-order valence-corrected chi connectivity index (χ2v) is 7.59. The predicted molar refractivity (Wildman–Crippen MR) is 95.1 cm³/mol. The second-order valence-electron chi connectivity index (χ2n) is 6.75. The molecule has 7 heteroatoms. The first kappa shape index (κ1) is 18.2. The normalized spacial score (nSPS) is 22.9. The third kappa shape index (κ3) is 3.67. The van der Waals surface area contributed by atoms with Crippen molar-refractivity contribution in [3.63, 3.8) is 0 Å². The van der Waals surface area contributed by atoms with E-state index in [9.17, 15) is 14.4 Å². The number of likely N-dealkylation sites (N-methyl/N-ethyl adjacent to an activating group) is 1. The lowest BCUT2D eigenvalue weighted by Gasteiger charge is -2.21. The molecule has 1 aliphatic carbocycles. The van der Waals surface area contributed by atoms with Gasteiger partial charge in [-0.25, -0.2) is 0 Å². The van der Waals surface area contributed by atoms with Gasteiger partial charge in [-0.2, -0.15) is 0 Å². The van der Waals surface area contributed by atoms with E-state index >= 15 is 0 Å². The molecule has 25 heavy (non-hydrogen) atoms. The highest BCUT2D eigenvalue weighted by atomic mass is 35.5. The lowest BCUT2D eigenvalue weighted by molar-refractivity contribution is -0.146. The first-order valence-corrected chi connectivity index (χ1v) is 9.17. The number of nitrogens with zero attached hydrogens (tertiary/aromatic N) is 2. The molecule has 1 aromatic carbocycles. The molecule has 1 saturated carbocycles. The Balaban J connectivity index is 1.65. The second kappa shape index (κ2) is 7.34. The van der Waals surface area contributed by atoms with Crippen LogP contribution in [0.25, 0.3) is 0 Å². The van der Waals surface area contributed by atoms with Gasteiger partial charge in [-0.1, -0.05) is 42.1 Å². The van der Waals surface area contributed by atoms with E-state index in [1.165, 1.54) is 4.90 Å². The van der Waals surface area contributed by atoms with Crippen LogP contribution in [0.15, 0.2) is 18.2 Å². The number of carbonyl (C=O) groups is 3. The van der Waals surface area contributed by atoms with Crippen molar-refractivity contribution < 1.29 is 14.4 Å². The van der Waals surface area contributed by atoms with Crippen molar-refractivity contribution in [3.05, 3.63) is 33.8 Å². The highest BCUT2D eigenvalue weighted by Gasteiger charge is 2.48. The molecule has 3 amide bonds. The summed E-state index contributed by atoms with van der Waals surface area (Å²) in [6.07, 6.45) is 3.43. The van der Waals surface area contributed by atoms with Gasteiger partial charge < -0.3 is 4.90 Å².